The first-order valence-corrected chi connectivity index (χ1v) is 20.3. The van der Waals surface area contributed by atoms with E-state index in [4.69, 9.17) is 30.0 Å². The minimum Gasteiger partial charge on any atom is -0.411 e. The van der Waals surface area contributed by atoms with E-state index in [2.05, 4.69) is 59.3 Å². The van der Waals surface area contributed by atoms with Crippen molar-refractivity contribution in [2.24, 2.45) is 5.92 Å². The molecule has 12 heteroatoms. The van der Waals surface area contributed by atoms with Gasteiger partial charge in [0, 0.05) is 22.9 Å². The third kappa shape index (κ3) is 6.20. The van der Waals surface area contributed by atoms with Crippen molar-refractivity contribution in [3.05, 3.63) is 44.8 Å². The first-order valence-electron chi connectivity index (χ1n) is 13.4. The monoisotopic (exact) mass is 602 g/mol. The van der Waals surface area contributed by atoms with Crippen LogP contribution in [0.15, 0.2) is 27.9 Å². The summed E-state index contributed by atoms with van der Waals surface area (Å²) in [6, 6.07) is 0. The van der Waals surface area contributed by atoms with E-state index in [0.717, 1.165) is 19.3 Å². The Hall–Kier alpha value is -0.523. The lowest BCUT2D eigenvalue weighted by Crippen LogP contribution is -2.46. The summed E-state index contributed by atoms with van der Waals surface area (Å²) in [4.78, 5) is 26.9. The summed E-state index contributed by atoms with van der Waals surface area (Å²) >= 11 is 7.69. The lowest BCUT2D eigenvalue weighted by Gasteiger charge is -2.39. The van der Waals surface area contributed by atoms with Crippen molar-refractivity contribution in [3.63, 3.8) is 0 Å². The molecular weight excluding hydrogens is 559 g/mol. The predicted octanol–water partition coefficient (Wildman–Crippen LogP) is 6.03. The van der Waals surface area contributed by atoms with Gasteiger partial charge in [0.15, 0.2) is 8.32 Å². The fraction of sp³-hybridized carbons (Fsp3) is 0.769. The maximum absolute atomic E-state index is 12.6. The number of aromatic nitrogens is 2. The first-order chi connectivity index (χ1) is 17.4. The standard InChI is InChI=1S/C26H43N2O6PS2Si/c1-16(2)18-10-11-26(7)21(12-18)33-35(36,37-26)31-15-20-19(34-38(8,9)25(4,5)6)13-22(32-20)28-14-17(3)23(29)27-24(28)30/h14,18-22H,1,10-13,15H2,2-9H3,(H,27,29,30)/t18-,19+,20-,21+,22-,26+,35?/m1/s1. The molecule has 3 aliphatic rings. The smallest absolute Gasteiger partial charge is 0.330 e. The molecule has 8 nitrogen and oxygen atoms in total. The Morgan fingerprint density at radius 1 is 1.37 bits per heavy atom. The van der Waals surface area contributed by atoms with Gasteiger partial charge in [-0.15, -0.1) is 0 Å². The van der Waals surface area contributed by atoms with Gasteiger partial charge >= 0.3 is 5.69 Å². The van der Waals surface area contributed by atoms with Crippen LogP contribution in [-0.2, 0) is 30.0 Å². The second-order valence-corrected chi connectivity index (χ2v) is 24.2. The predicted molar refractivity (Wildman–Crippen MR) is 160 cm³/mol. The van der Waals surface area contributed by atoms with Crippen LogP contribution >= 0.6 is 17.1 Å². The van der Waals surface area contributed by atoms with Gasteiger partial charge in [0.25, 0.3) is 5.56 Å². The Balaban J connectivity index is 1.53. The second kappa shape index (κ2) is 10.7. The number of aryl methyl sites for hydroxylation is 1. The molecule has 7 atom stereocenters. The number of hydrogen-bond donors (Lipinski definition) is 1. The molecule has 0 amide bonds. The summed E-state index contributed by atoms with van der Waals surface area (Å²) in [7, 11) is -2.15. The lowest BCUT2D eigenvalue weighted by molar-refractivity contribution is -0.0396. The van der Waals surface area contributed by atoms with Crippen molar-refractivity contribution in [3.8, 4) is 0 Å². The Kier molecular flexibility index (Phi) is 8.58. The van der Waals surface area contributed by atoms with Crippen molar-refractivity contribution in [1.82, 2.24) is 9.55 Å². The molecule has 0 spiro atoms. The summed E-state index contributed by atoms with van der Waals surface area (Å²) in [5, 5.41) is 0.00265. The topological polar surface area (TPSA) is 91.8 Å². The van der Waals surface area contributed by atoms with E-state index in [1.807, 2.05) is 0 Å². The van der Waals surface area contributed by atoms with Crippen molar-refractivity contribution in [2.45, 2.75) is 115 Å². The summed E-state index contributed by atoms with van der Waals surface area (Å²) < 4.78 is 27.5. The van der Waals surface area contributed by atoms with E-state index in [9.17, 15) is 9.59 Å². The van der Waals surface area contributed by atoms with Crippen LogP contribution in [0, 0.1) is 12.8 Å². The van der Waals surface area contributed by atoms with Crippen LogP contribution in [0.1, 0.15) is 72.1 Å². The number of nitrogens with one attached hydrogen (secondary N) is 1. The number of nitrogens with zero attached hydrogens (tertiary/aromatic N) is 1. The van der Waals surface area contributed by atoms with E-state index < -0.39 is 37.6 Å². The number of aromatic amines is 1. The summed E-state index contributed by atoms with van der Waals surface area (Å²) in [6.45, 7) is 21.4. The molecule has 1 aromatic heterocycles. The van der Waals surface area contributed by atoms with E-state index in [1.54, 1.807) is 24.5 Å². The van der Waals surface area contributed by atoms with Gasteiger partial charge in [0.05, 0.1) is 18.8 Å². The van der Waals surface area contributed by atoms with E-state index in [0.29, 0.717) is 17.9 Å². The largest absolute Gasteiger partial charge is 0.411 e. The molecule has 1 saturated carbocycles. The fourth-order valence-corrected chi connectivity index (χ4v) is 13.6. The van der Waals surface area contributed by atoms with Crippen LogP contribution < -0.4 is 11.2 Å². The van der Waals surface area contributed by atoms with E-state index in [1.165, 1.54) is 10.1 Å². The number of rotatable bonds is 7. The van der Waals surface area contributed by atoms with Crippen LogP contribution in [0.5, 0.6) is 0 Å². The third-order valence-corrected chi connectivity index (χ3v) is 19.1. The van der Waals surface area contributed by atoms with E-state index >= 15 is 0 Å². The van der Waals surface area contributed by atoms with Gasteiger partial charge in [-0.2, -0.15) is 0 Å². The molecule has 1 aliphatic carbocycles. The van der Waals surface area contributed by atoms with Crippen LogP contribution in [0.3, 0.4) is 0 Å². The Labute approximate surface area is 236 Å². The molecule has 0 bridgehead atoms. The summed E-state index contributed by atoms with van der Waals surface area (Å²) in [5.41, 5.74) is -1.84. The summed E-state index contributed by atoms with van der Waals surface area (Å²) in [6.07, 6.45) is 3.85. The minimum absolute atomic E-state index is 0.00265. The Bertz CT molecular complexity index is 1240. The number of allylic oxidation sites excluding steroid dienone is 1. The highest BCUT2D eigenvalue weighted by Gasteiger charge is 2.54. The molecule has 2 aliphatic heterocycles. The molecule has 38 heavy (non-hydrogen) atoms. The van der Waals surface area contributed by atoms with Crippen molar-refractivity contribution < 1.29 is 18.2 Å². The molecule has 1 N–H and O–H groups in total. The van der Waals surface area contributed by atoms with Crippen LogP contribution in [0.2, 0.25) is 18.1 Å². The molecule has 4 rings (SSSR count). The third-order valence-electron chi connectivity index (χ3n) is 8.73. The maximum atomic E-state index is 12.6. The number of hydrogen-bond acceptors (Lipinski definition) is 8. The zero-order valence-electron chi connectivity index (χ0n) is 23.9. The van der Waals surface area contributed by atoms with Crippen LogP contribution in [-0.4, -0.2) is 47.5 Å². The number of fused-ring (bicyclic) bond motifs is 1. The van der Waals surface area contributed by atoms with Crippen molar-refractivity contribution in [2.75, 3.05) is 6.61 Å². The first kappa shape index (κ1) is 30.4. The molecule has 1 unspecified atom stereocenters. The molecule has 2 saturated heterocycles. The zero-order valence-corrected chi connectivity index (χ0v) is 27.4. The molecule has 214 valence electrons. The van der Waals surface area contributed by atoms with Gasteiger partial charge in [-0.3, -0.25) is 14.3 Å². The second-order valence-electron chi connectivity index (χ2n) is 12.8. The molecular formula is C26H43N2O6PS2Si. The Morgan fingerprint density at radius 3 is 2.68 bits per heavy atom. The van der Waals surface area contributed by atoms with Crippen LogP contribution in [0.4, 0.5) is 0 Å². The minimum atomic E-state index is -2.60. The summed E-state index contributed by atoms with van der Waals surface area (Å²) in [5.74, 6) is 0.454. The SMILES string of the molecule is C=C(C)[C@@H]1CC[C@]2(C)SP(=S)(OC[C@H]3O[C@@H](n4cc(C)c(=O)[nH]c4=O)C[C@@H]3O[Si](C)(C)C(C)(C)C)O[C@H]2C1. The Morgan fingerprint density at radius 2 is 2.05 bits per heavy atom. The molecule has 3 fully saturated rings. The fourth-order valence-electron chi connectivity index (χ4n) is 5.11. The average Bonchev–Trinajstić information content (AvgIpc) is 3.29. The van der Waals surface area contributed by atoms with Gasteiger partial charge in [-0.25, -0.2) is 4.79 Å². The lowest BCUT2D eigenvalue weighted by atomic mass is 9.77. The zero-order chi connectivity index (χ0) is 28.3. The number of H-pyrrole nitrogens is 1. The molecule has 0 aromatic carbocycles. The quantitative estimate of drug-likeness (QED) is 0.230. The van der Waals surface area contributed by atoms with Gasteiger partial charge in [0.1, 0.15) is 12.3 Å². The molecule has 0 radical (unpaired) electrons. The maximum Gasteiger partial charge on any atom is 0.330 e. The van der Waals surface area contributed by atoms with Crippen LogP contribution in [0.25, 0.3) is 0 Å². The van der Waals surface area contributed by atoms with E-state index in [-0.39, 0.29) is 28.6 Å². The highest BCUT2D eigenvalue weighted by molar-refractivity contribution is 8.68. The highest BCUT2D eigenvalue weighted by atomic mass is 32.9. The number of ether oxygens (including phenoxy) is 1. The van der Waals surface area contributed by atoms with Crippen molar-refractivity contribution >= 4 is 37.2 Å². The van der Waals surface area contributed by atoms with Gasteiger partial charge in [0.2, 0.25) is 5.69 Å². The van der Waals surface area contributed by atoms with Gasteiger partial charge < -0.3 is 18.2 Å². The van der Waals surface area contributed by atoms with Gasteiger partial charge in [-0.1, -0.05) is 44.3 Å². The molecule has 1 aromatic rings. The average molecular weight is 603 g/mol. The normalized spacial score (nSPS) is 35.8. The van der Waals surface area contributed by atoms with Gasteiger partial charge in [-0.05, 0) is 75.9 Å². The van der Waals surface area contributed by atoms with Crippen molar-refractivity contribution in [1.29, 1.82) is 0 Å². The molecule has 3 heterocycles. The highest BCUT2D eigenvalue weighted by Crippen LogP contribution is 2.75.